The van der Waals surface area contributed by atoms with Crippen molar-refractivity contribution in [2.45, 2.75) is 6.54 Å². The lowest BCUT2D eigenvalue weighted by molar-refractivity contribution is 0.249. The Morgan fingerprint density at radius 2 is 1.75 bits per heavy atom. The molecule has 9 nitrogen and oxygen atoms in total. The molecule has 1 saturated heterocycles. The molecule has 0 unspecified atom stereocenters. The molecule has 36 heavy (non-hydrogen) atoms. The molecule has 0 amide bonds. The molecular formula is C27H25N9. The van der Waals surface area contributed by atoms with E-state index >= 15 is 0 Å². The van der Waals surface area contributed by atoms with Gasteiger partial charge < -0.3 is 4.90 Å². The lowest BCUT2D eigenvalue weighted by Crippen LogP contribution is -2.46. The minimum absolute atomic E-state index is 0.434. The Labute approximate surface area is 208 Å². The van der Waals surface area contributed by atoms with Crippen LogP contribution in [0.5, 0.6) is 0 Å². The monoisotopic (exact) mass is 475 g/mol. The van der Waals surface area contributed by atoms with Gasteiger partial charge in [0.1, 0.15) is 29.1 Å². The van der Waals surface area contributed by atoms with Gasteiger partial charge in [-0.3, -0.25) is 14.0 Å². The van der Waals surface area contributed by atoms with Crippen LogP contribution in [-0.2, 0) is 13.6 Å². The van der Waals surface area contributed by atoms with Crippen LogP contribution in [0.4, 0.5) is 5.82 Å². The first-order chi connectivity index (χ1) is 17.7. The Kier molecular flexibility index (Phi) is 5.64. The Morgan fingerprint density at radius 1 is 0.917 bits per heavy atom. The van der Waals surface area contributed by atoms with Crippen molar-refractivity contribution in [3.05, 3.63) is 84.6 Å². The summed E-state index contributed by atoms with van der Waals surface area (Å²) in [6, 6.07) is 18.8. The van der Waals surface area contributed by atoms with Crippen molar-refractivity contribution in [3.8, 4) is 28.7 Å². The summed E-state index contributed by atoms with van der Waals surface area (Å²) in [5.41, 5.74) is 4.90. The molecule has 1 aromatic carbocycles. The zero-order valence-electron chi connectivity index (χ0n) is 20.0. The zero-order valence-corrected chi connectivity index (χ0v) is 20.0. The van der Waals surface area contributed by atoms with Crippen molar-refractivity contribution in [2.24, 2.45) is 7.05 Å². The van der Waals surface area contributed by atoms with Crippen LogP contribution in [0.25, 0.3) is 28.3 Å². The number of imidazole rings is 1. The van der Waals surface area contributed by atoms with Gasteiger partial charge in [-0.15, -0.1) is 0 Å². The van der Waals surface area contributed by atoms with Crippen molar-refractivity contribution in [1.82, 2.24) is 34.0 Å². The van der Waals surface area contributed by atoms with Gasteiger partial charge in [-0.2, -0.15) is 10.4 Å². The smallest absolute Gasteiger partial charge is 0.148 e. The molecule has 1 aliphatic heterocycles. The quantitative estimate of drug-likeness (QED) is 0.385. The maximum atomic E-state index is 9.64. The molecule has 9 heteroatoms. The molecule has 0 radical (unpaired) electrons. The van der Waals surface area contributed by atoms with Gasteiger partial charge in [0.15, 0.2) is 0 Å². The van der Waals surface area contributed by atoms with Crippen LogP contribution < -0.4 is 4.90 Å². The molecule has 4 aromatic heterocycles. The van der Waals surface area contributed by atoms with Gasteiger partial charge in [0.25, 0.3) is 0 Å². The highest BCUT2D eigenvalue weighted by Crippen LogP contribution is 2.27. The highest BCUT2D eigenvalue weighted by molar-refractivity contribution is 5.70. The fourth-order valence-electron chi connectivity index (χ4n) is 4.67. The highest BCUT2D eigenvalue weighted by atomic mass is 15.3. The Bertz CT molecular complexity index is 1540. The van der Waals surface area contributed by atoms with Crippen LogP contribution in [-0.4, -0.2) is 60.2 Å². The molecule has 0 bridgehead atoms. The van der Waals surface area contributed by atoms with E-state index in [0.29, 0.717) is 17.2 Å². The van der Waals surface area contributed by atoms with Gasteiger partial charge >= 0.3 is 0 Å². The predicted molar refractivity (Wildman–Crippen MR) is 137 cm³/mol. The predicted octanol–water partition coefficient (Wildman–Crippen LogP) is 3.39. The number of nitriles is 1. The summed E-state index contributed by atoms with van der Waals surface area (Å²) in [7, 11) is 1.87. The summed E-state index contributed by atoms with van der Waals surface area (Å²) in [4.78, 5) is 18.9. The summed E-state index contributed by atoms with van der Waals surface area (Å²) in [6.45, 7) is 4.82. The van der Waals surface area contributed by atoms with Crippen LogP contribution in [0.3, 0.4) is 0 Å². The molecule has 178 valence electrons. The SMILES string of the molecule is Cn1cc(-c2cc3ncc(C#N)n3c(-c3ccc(N4CCN(Cc5ccccc5)CC4)nc3)n2)cn1. The van der Waals surface area contributed by atoms with E-state index < -0.39 is 0 Å². The molecular weight excluding hydrogens is 450 g/mol. The fraction of sp³-hybridized carbons (Fsp3) is 0.222. The van der Waals surface area contributed by atoms with Crippen molar-refractivity contribution in [2.75, 3.05) is 31.1 Å². The average Bonchev–Trinajstić information content (AvgIpc) is 3.55. The summed E-state index contributed by atoms with van der Waals surface area (Å²) in [5, 5.41) is 13.9. The van der Waals surface area contributed by atoms with Gasteiger partial charge in [-0.25, -0.2) is 15.0 Å². The number of hydrogen-bond acceptors (Lipinski definition) is 7. The number of rotatable bonds is 5. The van der Waals surface area contributed by atoms with Crippen molar-refractivity contribution in [3.63, 3.8) is 0 Å². The van der Waals surface area contributed by atoms with Gasteiger partial charge in [0, 0.05) is 69.4 Å². The van der Waals surface area contributed by atoms with Gasteiger partial charge in [-0.1, -0.05) is 30.3 Å². The maximum Gasteiger partial charge on any atom is 0.148 e. The van der Waals surface area contributed by atoms with E-state index in [1.807, 2.05) is 37.6 Å². The largest absolute Gasteiger partial charge is 0.354 e. The molecule has 0 aliphatic carbocycles. The fourth-order valence-corrected chi connectivity index (χ4v) is 4.67. The topological polar surface area (TPSA) is 91.2 Å². The Balaban J connectivity index is 1.25. The summed E-state index contributed by atoms with van der Waals surface area (Å²) >= 11 is 0. The number of fused-ring (bicyclic) bond motifs is 1. The number of nitrogens with zero attached hydrogens (tertiary/aromatic N) is 9. The van der Waals surface area contributed by atoms with Crippen LogP contribution in [0.1, 0.15) is 11.3 Å². The molecule has 5 aromatic rings. The highest BCUT2D eigenvalue weighted by Gasteiger charge is 2.19. The van der Waals surface area contributed by atoms with E-state index in [4.69, 9.17) is 9.97 Å². The number of anilines is 1. The van der Waals surface area contributed by atoms with Gasteiger partial charge in [0.05, 0.1) is 18.1 Å². The second kappa shape index (κ2) is 9.24. The summed E-state index contributed by atoms with van der Waals surface area (Å²) < 4.78 is 3.52. The molecule has 1 fully saturated rings. The minimum Gasteiger partial charge on any atom is -0.354 e. The number of piperazine rings is 1. The van der Waals surface area contributed by atoms with E-state index in [1.165, 1.54) is 5.56 Å². The number of aromatic nitrogens is 6. The minimum atomic E-state index is 0.434. The van der Waals surface area contributed by atoms with Gasteiger partial charge in [0.2, 0.25) is 0 Å². The van der Waals surface area contributed by atoms with Crippen LogP contribution in [0.2, 0.25) is 0 Å². The lowest BCUT2D eigenvalue weighted by Gasteiger charge is -2.35. The number of pyridine rings is 1. The van der Waals surface area contributed by atoms with E-state index in [2.05, 4.69) is 56.3 Å². The van der Waals surface area contributed by atoms with Crippen molar-refractivity contribution >= 4 is 11.5 Å². The third-order valence-electron chi connectivity index (χ3n) is 6.56. The number of hydrogen-bond donors (Lipinski definition) is 0. The first-order valence-electron chi connectivity index (χ1n) is 11.9. The van der Waals surface area contributed by atoms with E-state index in [9.17, 15) is 5.26 Å². The summed E-state index contributed by atoms with van der Waals surface area (Å²) in [6.07, 6.45) is 7.09. The summed E-state index contributed by atoms with van der Waals surface area (Å²) in [5.74, 6) is 1.58. The Morgan fingerprint density at radius 3 is 2.44 bits per heavy atom. The number of aryl methyl sites for hydroxylation is 1. The van der Waals surface area contributed by atoms with Crippen molar-refractivity contribution in [1.29, 1.82) is 5.26 Å². The molecule has 6 rings (SSSR count). The average molecular weight is 476 g/mol. The first-order valence-corrected chi connectivity index (χ1v) is 11.9. The van der Waals surface area contributed by atoms with Crippen molar-refractivity contribution < 1.29 is 0 Å². The standard InChI is InChI=1S/C27H25N9/c1-33-19-22(16-31-33)24-13-26-30-17-23(14-28)36(26)27(32-24)21-7-8-25(29-15-21)35-11-9-34(10-12-35)18-20-5-3-2-4-6-20/h2-8,13,15-17,19H,9-12,18H2,1H3. The number of benzene rings is 1. The van der Waals surface area contributed by atoms with E-state index in [-0.39, 0.29) is 0 Å². The first kappa shape index (κ1) is 21.9. The normalized spacial score (nSPS) is 14.3. The van der Waals surface area contributed by atoms with Crippen LogP contribution in [0, 0.1) is 11.3 Å². The molecule has 0 N–H and O–H groups in total. The van der Waals surface area contributed by atoms with Crippen LogP contribution >= 0.6 is 0 Å². The van der Waals surface area contributed by atoms with Gasteiger partial charge in [-0.05, 0) is 17.7 Å². The third kappa shape index (κ3) is 4.19. The lowest BCUT2D eigenvalue weighted by atomic mass is 10.2. The molecule has 0 spiro atoms. The zero-order chi connectivity index (χ0) is 24.5. The molecule has 5 heterocycles. The molecule has 0 saturated carbocycles. The maximum absolute atomic E-state index is 9.64. The van der Waals surface area contributed by atoms with E-state index in [1.54, 1.807) is 21.5 Å². The third-order valence-corrected chi connectivity index (χ3v) is 6.56. The second-order valence-corrected chi connectivity index (χ2v) is 8.97. The van der Waals surface area contributed by atoms with E-state index in [0.717, 1.165) is 55.4 Å². The Hall–Kier alpha value is -4.55. The molecule has 0 atom stereocenters. The second-order valence-electron chi connectivity index (χ2n) is 8.97. The molecule has 1 aliphatic rings. The van der Waals surface area contributed by atoms with Crippen LogP contribution in [0.15, 0.2) is 73.3 Å².